The molecule has 3 heterocycles. The minimum absolute atomic E-state index is 0.0560. The molecule has 0 saturated carbocycles. The molecule has 2 fully saturated rings. The van der Waals surface area contributed by atoms with Crippen LogP contribution in [0.2, 0.25) is 0 Å². The maximum atomic E-state index is 13.2. The van der Waals surface area contributed by atoms with Crippen molar-refractivity contribution in [3.8, 4) is 0 Å². The van der Waals surface area contributed by atoms with Crippen LogP contribution in [0.1, 0.15) is 12.8 Å². The van der Waals surface area contributed by atoms with Gasteiger partial charge in [-0.2, -0.15) is 0 Å². The summed E-state index contributed by atoms with van der Waals surface area (Å²) in [6.07, 6.45) is -2.01. The number of halogens is 2. The maximum absolute atomic E-state index is 13.2. The third kappa shape index (κ3) is 4.12. The van der Waals surface area contributed by atoms with Crippen LogP contribution in [-0.4, -0.2) is 68.8 Å². The third-order valence-corrected chi connectivity index (χ3v) is 7.26. The van der Waals surface area contributed by atoms with Crippen LogP contribution < -0.4 is 4.72 Å². The normalized spacial score (nSPS) is 31.4. The largest absolute Gasteiger partial charge is 0.389 e. The number of aliphatic hydroxyl groups is 1. The Morgan fingerprint density at radius 3 is 2.75 bits per heavy atom. The van der Waals surface area contributed by atoms with Crippen molar-refractivity contribution in [2.24, 2.45) is 0 Å². The van der Waals surface area contributed by atoms with Crippen LogP contribution in [0.25, 0.3) is 0 Å². The molecule has 24 heavy (non-hydrogen) atoms. The van der Waals surface area contributed by atoms with E-state index < -0.39 is 34.2 Å². The van der Waals surface area contributed by atoms with Gasteiger partial charge in [0, 0.05) is 32.5 Å². The first kappa shape index (κ1) is 18.2. The minimum Gasteiger partial charge on any atom is -0.389 e. The Balaban J connectivity index is 1.55. The van der Waals surface area contributed by atoms with Crippen molar-refractivity contribution in [1.29, 1.82) is 0 Å². The molecule has 136 valence electrons. The highest BCUT2D eigenvalue weighted by atomic mass is 32.2. The molecule has 0 spiro atoms. The van der Waals surface area contributed by atoms with Gasteiger partial charge in [-0.1, -0.05) is 6.07 Å². The van der Waals surface area contributed by atoms with Gasteiger partial charge in [-0.3, -0.25) is 0 Å². The molecule has 6 nitrogen and oxygen atoms in total. The lowest BCUT2D eigenvalue weighted by Crippen LogP contribution is -2.48. The van der Waals surface area contributed by atoms with Crippen LogP contribution in [0, 0.1) is 0 Å². The quantitative estimate of drug-likeness (QED) is 0.791. The first-order valence-corrected chi connectivity index (χ1v) is 10.1. The number of alkyl halides is 2. The van der Waals surface area contributed by atoms with E-state index >= 15 is 0 Å². The molecule has 3 rings (SSSR count). The lowest BCUT2D eigenvalue weighted by atomic mass is 10.0. The van der Waals surface area contributed by atoms with E-state index in [2.05, 4.69) is 4.72 Å². The predicted octanol–water partition coefficient (Wildman–Crippen LogP) is 0.886. The summed E-state index contributed by atoms with van der Waals surface area (Å²) in [5.74, 6) is -2.62. The maximum Gasteiger partial charge on any atom is 0.250 e. The Morgan fingerprint density at radius 2 is 2.12 bits per heavy atom. The Bertz CT molecular complexity index is 644. The van der Waals surface area contributed by atoms with Crippen LogP contribution in [0.4, 0.5) is 8.78 Å². The van der Waals surface area contributed by atoms with Crippen LogP contribution in [-0.2, 0) is 14.8 Å². The fraction of sp³-hybridized carbons (Fsp3) is 0.714. The van der Waals surface area contributed by atoms with Crippen molar-refractivity contribution in [3.63, 3.8) is 0 Å². The van der Waals surface area contributed by atoms with Crippen LogP contribution >= 0.6 is 11.3 Å². The summed E-state index contributed by atoms with van der Waals surface area (Å²) in [7, 11) is -3.69. The van der Waals surface area contributed by atoms with Gasteiger partial charge >= 0.3 is 0 Å². The summed E-state index contributed by atoms with van der Waals surface area (Å²) in [6, 6.07) is 2.38. The van der Waals surface area contributed by atoms with Crippen molar-refractivity contribution < 1.29 is 27.0 Å². The Kier molecular flexibility index (Phi) is 5.24. The SMILES string of the molecule is O=S(=O)(N[C@H]1CO[C@@H](CN2CCC(F)(F)CC2)[C@@H]1O)c1cccs1. The molecule has 2 N–H and O–H groups in total. The lowest BCUT2D eigenvalue weighted by molar-refractivity contribution is -0.0674. The van der Waals surface area contributed by atoms with E-state index in [4.69, 9.17) is 4.74 Å². The van der Waals surface area contributed by atoms with E-state index in [1.165, 1.54) is 6.07 Å². The summed E-state index contributed by atoms with van der Waals surface area (Å²) in [6.45, 7) is 0.852. The highest BCUT2D eigenvalue weighted by Crippen LogP contribution is 2.28. The first-order valence-electron chi connectivity index (χ1n) is 7.72. The molecular weight excluding hydrogens is 362 g/mol. The highest BCUT2D eigenvalue weighted by molar-refractivity contribution is 7.91. The van der Waals surface area contributed by atoms with Gasteiger partial charge in [0.05, 0.1) is 24.9 Å². The number of nitrogens with zero attached hydrogens (tertiary/aromatic N) is 1. The van der Waals surface area contributed by atoms with Crippen LogP contribution in [0.5, 0.6) is 0 Å². The van der Waals surface area contributed by atoms with Crippen molar-refractivity contribution in [3.05, 3.63) is 17.5 Å². The van der Waals surface area contributed by atoms with Gasteiger partial charge in [0.25, 0.3) is 5.92 Å². The third-order valence-electron chi connectivity index (χ3n) is 4.38. The van der Waals surface area contributed by atoms with E-state index in [-0.39, 0.29) is 36.7 Å². The standard InChI is InChI=1S/C14H20F2N2O4S2/c15-14(16)3-5-18(6-4-14)8-11-13(19)10(9-22-11)17-24(20,21)12-2-1-7-23-12/h1-2,7,10-11,13,17,19H,3-6,8-9H2/t10-,11-,13+/m0/s1. The number of rotatable bonds is 5. The zero-order valence-corrected chi connectivity index (χ0v) is 14.5. The molecule has 0 radical (unpaired) electrons. The monoisotopic (exact) mass is 382 g/mol. The molecule has 10 heteroatoms. The van der Waals surface area contributed by atoms with Gasteiger partial charge < -0.3 is 14.7 Å². The number of piperidine rings is 1. The van der Waals surface area contributed by atoms with E-state index in [0.717, 1.165) is 11.3 Å². The number of hydrogen-bond donors (Lipinski definition) is 2. The molecule has 0 aliphatic carbocycles. The minimum atomic E-state index is -3.69. The zero-order chi connectivity index (χ0) is 17.4. The second-order valence-electron chi connectivity index (χ2n) is 6.18. The highest BCUT2D eigenvalue weighted by Gasteiger charge is 2.41. The average molecular weight is 382 g/mol. The topological polar surface area (TPSA) is 78.9 Å². The molecule has 2 saturated heterocycles. The van der Waals surface area contributed by atoms with Crippen LogP contribution in [0.3, 0.4) is 0 Å². The molecule has 0 amide bonds. The summed E-state index contributed by atoms with van der Waals surface area (Å²) in [5, 5.41) is 12.0. The second kappa shape index (κ2) is 6.93. The van der Waals surface area contributed by atoms with Crippen molar-refractivity contribution in [2.45, 2.75) is 41.2 Å². The lowest BCUT2D eigenvalue weighted by Gasteiger charge is -2.33. The van der Waals surface area contributed by atoms with Gasteiger partial charge in [0.15, 0.2) is 0 Å². The Hall–Kier alpha value is -0.650. The van der Waals surface area contributed by atoms with Crippen molar-refractivity contribution >= 4 is 21.4 Å². The number of nitrogens with one attached hydrogen (secondary N) is 1. The summed E-state index contributed by atoms with van der Waals surface area (Å²) in [5.41, 5.74) is 0. The molecule has 2 aliphatic rings. The number of aliphatic hydroxyl groups excluding tert-OH is 1. The fourth-order valence-electron chi connectivity index (χ4n) is 2.94. The van der Waals surface area contributed by atoms with Crippen molar-refractivity contribution in [2.75, 3.05) is 26.2 Å². The smallest absolute Gasteiger partial charge is 0.250 e. The predicted molar refractivity (Wildman–Crippen MR) is 84.8 cm³/mol. The molecule has 1 aromatic heterocycles. The molecular formula is C14H20F2N2O4S2. The molecule has 0 bridgehead atoms. The summed E-state index contributed by atoms with van der Waals surface area (Å²) in [4.78, 5) is 1.82. The van der Waals surface area contributed by atoms with Gasteiger partial charge in [-0.15, -0.1) is 11.3 Å². The van der Waals surface area contributed by atoms with Gasteiger partial charge in [0.1, 0.15) is 4.21 Å². The van der Waals surface area contributed by atoms with Gasteiger partial charge in [-0.25, -0.2) is 21.9 Å². The fourth-order valence-corrected chi connectivity index (χ4v) is 5.18. The number of likely N-dealkylation sites (tertiary alicyclic amines) is 1. The van der Waals surface area contributed by atoms with E-state index in [1.807, 2.05) is 4.90 Å². The molecule has 3 atom stereocenters. The summed E-state index contributed by atoms with van der Waals surface area (Å²) >= 11 is 1.09. The van der Waals surface area contributed by atoms with Gasteiger partial charge in [0.2, 0.25) is 10.0 Å². The Morgan fingerprint density at radius 1 is 1.42 bits per heavy atom. The molecule has 0 unspecified atom stereocenters. The first-order chi connectivity index (χ1) is 11.3. The average Bonchev–Trinajstić information content (AvgIpc) is 3.15. The number of hydrogen-bond acceptors (Lipinski definition) is 6. The van der Waals surface area contributed by atoms with E-state index in [0.29, 0.717) is 6.54 Å². The zero-order valence-electron chi connectivity index (χ0n) is 12.9. The number of thiophene rings is 1. The second-order valence-corrected chi connectivity index (χ2v) is 9.07. The van der Waals surface area contributed by atoms with Crippen molar-refractivity contribution in [1.82, 2.24) is 9.62 Å². The molecule has 1 aromatic rings. The van der Waals surface area contributed by atoms with E-state index in [1.54, 1.807) is 11.4 Å². The molecule has 0 aromatic carbocycles. The van der Waals surface area contributed by atoms with Crippen LogP contribution in [0.15, 0.2) is 21.7 Å². The number of sulfonamides is 1. The Labute approximate surface area is 143 Å². The summed E-state index contributed by atoms with van der Waals surface area (Å²) < 4.78 is 58.9. The van der Waals surface area contributed by atoms with E-state index in [9.17, 15) is 22.3 Å². The van der Waals surface area contributed by atoms with Gasteiger partial charge in [-0.05, 0) is 11.4 Å². The number of ether oxygens (including phenoxy) is 1. The molecule has 2 aliphatic heterocycles.